The fourth-order valence-electron chi connectivity index (χ4n) is 13.3. The predicted molar refractivity (Wildman–Crippen MR) is 398 cm³/mol. The van der Waals surface area contributed by atoms with Gasteiger partial charge in [0.15, 0.2) is 12.4 Å². The largest absolute Gasteiger partial charge is 0.454 e. The van der Waals surface area contributed by atoms with Crippen molar-refractivity contribution in [3.63, 3.8) is 0 Å². The van der Waals surface area contributed by atoms with Crippen LogP contribution in [-0.4, -0.2) is 99.6 Å². The van der Waals surface area contributed by atoms with Crippen LogP contribution in [0.4, 0.5) is 0 Å². The topological polar surface area (TPSA) is 175 Å². The molecule has 1 rings (SSSR count). The summed E-state index contributed by atoms with van der Waals surface area (Å²) in [6.07, 6.45) is 79.3. The number of carbonyl (C=O) groups excluding carboxylic acids is 2. The van der Waals surface area contributed by atoms with Crippen LogP contribution in [0.3, 0.4) is 0 Å². The second-order valence-corrected chi connectivity index (χ2v) is 28.9. The van der Waals surface area contributed by atoms with E-state index >= 15 is 0 Å². The molecule has 1 aliphatic rings. The molecule has 1 heterocycles. The third kappa shape index (κ3) is 56.7. The summed E-state index contributed by atoms with van der Waals surface area (Å²) in [6, 6.07) is -1.02. The van der Waals surface area contributed by atoms with E-state index in [-0.39, 0.29) is 13.0 Å². The van der Waals surface area contributed by atoms with Crippen LogP contribution >= 0.6 is 0 Å². The Labute approximate surface area is 581 Å². The van der Waals surface area contributed by atoms with Crippen molar-refractivity contribution < 1.29 is 49.3 Å². The van der Waals surface area contributed by atoms with Crippen LogP contribution in [0.5, 0.6) is 0 Å². The number of carbonyl (C=O) groups is 2. The molecule has 0 spiro atoms. The van der Waals surface area contributed by atoms with Crippen molar-refractivity contribution in [3.05, 3.63) is 36.5 Å². The minimum Gasteiger partial charge on any atom is -0.454 e. The molecular weight excluding hydrogens is 1170 g/mol. The van der Waals surface area contributed by atoms with E-state index in [9.17, 15) is 35.1 Å². The van der Waals surface area contributed by atoms with Gasteiger partial charge in [-0.1, -0.05) is 391 Å². The molecule has 0 aromatic heterocycles. The zero-order valence-corrected chi connectivity index (χ0v) is 62.1. The molecule has 0 bridgehead atoms. The quantitative estimate of drug-likeness (QED) is 0.0195. The number of amides is 1. The number of hydrogen-bond acceptors (Lipinski definition) is 10. The van der Waals surface area contributed by atoms with Crippen molar-refractivity contribution in [1.82, 2.24) is 5.32 Å². The Morgan fingerprint density at radius 1 is 0.415 bits per heavy atom. The molecule has 11 nitrogen and oxygen atoms in total. The maximum atomic E-state index is 13.5. The van der Waals surface area contributed by atoms with Gasteiger partial charge < -0.3 is 45.1 Å². The molecule has 8 unspecified atom stereocenters. The molecule has 1 saturated heterocycles. The Balaban J connectivity index is 2.45. The summed E-state index contributed by atoms with van der Waals surface area (Å²) in [5, 5.41) is 57.5. The van der Waals surface area contributed by atoms with Crippen molar-refractivity contribution >= 4 is 11.9 Å². The lowest BCUT2D eigenvalue weighted by molar-refractivity contribution is -0.305. The SMILES string of the molecule is CCCCC/C=C\C/C=C\CCCCCCCCCCCCCCCCCCC(O)C(=O)NC(COC1OC(CO)C(O)C(O)C1OC(=O)CCCCCCCCCCCCCCCCCCCCCCCCCCCCC)C(O)/C=C/CCCCCCCCCCCC. The summed E-state index contributed by atoms with van der Waals surface area (Å²) in [5.41, 5.74) is 0. The molecule has 554 valence electrons. The van der Waals surface area contributed by atoms with Crippen LogP contribution in [0, 0.1) is 0 Å². The minimum absolute atomic E-state index is 0.131. The summed E-state index contributed by atoms with van der Waals surface area (Å²) in [5.74, 6) is -1.17. The Bertz CT molecular complexity index is 1670. The number of hydrogen-bond donors (Lipinski definition) is 6. The lowest BCUT2D eigenvalue weighted by Crippen LogP contribution is -2.61. The van der Waals surface area contributed by atoms with Crippen molar-refractivity contribution in [2.45, 2.75) is 468 Å². The second kappa shape index (κ2) is 70.7. The summed E-state index contributed by atoms with van der Waals surface area (Å²) < 4.78 is 17.8. The van der Waals surface area contributed by atoms with Crippen LogP contribution in [0.15, 0.2) is 36.5 Å². The van der Waals surface area contributed by atoms with E-state index in [4.69, 9.17) is 14.2 Å². The van der Waals surface area contributed by atoms with Gasteiger partial charge in [0, 0.05) is 6.42 Å². The summed E-state index contributed by atoms with van der Waals surface area (Å²) in [7, 11) is 0. The van der Waals surface area contributed by atoms with Gasteiger partial charge in [0.1, 0.15) is 24.4 Å². The molecule has 1 amide bonds. The monoisotopic (exact) mass is 1330 g/mol. The van der Waals surface area contributed by atoms with Gasteiger partial charge in [-0.15, -0.1) is 0 Å². The van der Waals surface area contributed by atoms with E-state index < -0.39 is 67.4 Å². The Hall–Kier alpha value is -2.12. The molecular formula is C83H157NO10. The van der Waals surface area contributed by atoms with Gasteiger partial charge in [0.05, 0.1) is 25.4 Å². The lowest BCUT2D eigenvalue weighted by atomic mass is 9.99. The van der Waals surface area contributed by atoms with Crippen LogP contribution in [-0.2, 0) is 23.8 Å². The van der Waals surface area contributed by atoms with Gasteiger partial charge in [0.2, 0.25) is 5.91 Å². The number of esters is 1. The highest BCUT2D eigenvalue weighted by atomic mass is 16.7. The summed E-state index contributed by atoms with van der Waals surface area (Å²) in [4.78, 5) is 26.8. The fraction of sp³-hybridized carbons (Fsp3) is 0.904. The number of aliphatic hydroxyl groups excluding tert-OH is 5. The van der Waals surface area contributed by atoms with Gasteiger partial charge in [-0.05, 0) is 57.8 Å². The first-order chi connectivity index (χ1) is 46.2. The first kappa shape index (κ1) is 89.9. The number of unbranched alkanes of at least 4 members (excludes halogenated alkanes) is 55. The van der Waals surface area contributed by atoms with Gasteiger partial charge in [-0.3, -0.25) is 9.59 Å². The molecule has 6 N–H and O–H groups in total. The Kier molecular flexibility index (Phi) is 67.6. The smallest absolute Gasteiger partial charge is 0.306 e. The maximum absolute atomic E-state index is 13.5. The van der Waals surface area contributed by atoms with Crippen molar-refractivity contribution in [2.24, 2.45) is 0 Å². The lowest BCUT2D eigenvalue weighted by Gasteiger charge is -2.41. The number of ether oxygens (including phenoxy) is 3. The average molecular weight is 1330 g/mol. The molecule has 0 aromatic rings. The minimum atomic E-state index is -1.61. The van der Waals surface area contributed by atoms with E-state index in [0.717, 1.165) is 64.2 Å². The van der Waals surface area contributed by atoms with Gasteiger partial charge in [-0.25, -0.2) is 0 Å². The highest BCUT2D eigenvalue weighted by Gasteiger charge is 2.47. The van der Waals surface area contributed by atoms with Gasteiger partial charge in [0.25, 0.3) is 0 Å². The van der Waals surface area contributed by atoms with E-state index in [2.05, 4.69) is 50.4 Å². The van der Waals surface area contributed by atoms with Crippen LogP contribution in [0.2, 0.25) is 0 Å². The Morgan fingerprint density at radius 3 is 1.11 bits per heavy atom. The van der Waals surface area contributed by atoms with Gasteiger partial charge in [-0.2, -0.15) is 0 Å². The maximum Gasteiger partial charge on any atom is 0.306 e. The van der Waals surface area contributed by atoms with Crippen LogP contribution < -0.4 is 5.32 Å². The highest BCUT2D eigenvalue weighted by molar-refractivity contribution is 5.80. The summed E-state index contributed by atoms with van der Waals surface area (Å²) in [6.45, 7) is 5.85. The molecule has 94 heavy (non-hydrogen) atoms. The van der Waals surface area contributed by atoms with E-state index in [1.165, 1.54) is 308 Å². The normalized spacial score (nSPS) is 17.9. The first-order valence-electron chi connectivity index (χ1n) is 41.3. The number of nitrogens with one attached hydrogen (secondary N) is 1. The fourth-order valence-corrected chi connectivity index (χ4v) is 13.3. The Morgan fingerprint density at radius 2 is 0.734 bits per heavy atom. The van der Waals surface area contributed by atoms with Crippen molar-refractivity contribution in [3.8, 4) is 0 Å². The molecule has 1 fully saturated rings. The predicted octanol–water partition coefficient (Wildman–Crippen LogP) is 22.5. The third-order valence-electron chi connectivity index (χ3n) is 19.8. The van der Waals surface area contributed by atoms with Crippen molar-refractivity contribution in [1.29, 1.82) is 0 Å². The highest BCUT2D eigenvalue weighted by Crippen LogP contribution is 2.27. The third-order valence-corrected chi connectivity index (χ3v) is 19.8. The van der Waals surface area contributed by atoms with Crippen LogP contribution in [0.1, 0.15) is 419 Å². The molecule has 0 aromatic carbocycles. The van der Waals surface area contributed by atoms with E-state index in [1.807, 2.05) is 6.08 Å². The second-order valence-electron chi connectivity index (χ2n) is 28.9. The van der Waals surface area contributed by atoms with Gasteiger partial charge >= 0.3 is 5.97 Å². The molecule has 0 radical (unpaired) electrons. The number of aliphatic hydroxyl groups is 5. The zero-order valence-electron chi connectivity index (χ0n) is 62.1. The molecule has 0 aliphatic carbocycles. The molecule has 1 aliphatic heterocycles. The van der Waals surface area contributed by atoms with E-state index in [0.29, 0.717) is 19.3 Å². The number of rotatable bonds is 73. The standard InChI is InChI=1S/C83H157NO10/c1-4-7-10-13-16-19-22-25-27-29-31-33-35-37-39-41-43-45-47-49-51-53-56-59-62-65-68-71-78(88)94-81-80(90)79(89)77(72-85)93-83(81)92-73-74(75(86)69-66-63-60-57-54-24-21-18-15-12-9-6-3)84-82(91)76(87)70-67-64-61-58-55-52-50-48-46-44-42-40-38-36-34-32-30-28-26-23-20-17-14-11-8-5-2/h17,20,26,28,66,69,74-77,79-81,83,85-87,89-90H,4-16,18-19,21-25,27,29-65,67-68,70-73H2,1-3H3,(H,84,91)/b20-17-,28-26-,69-66+. The molecule has 0 saturated carbocycles. The number of allylic oxidation sites excluding steroid dienone is 5. The summed E-state index contributed by atoms with van der Waals surface area (Å²) >= 11 is 0. The molecule has 8 atom stereocenters. The first-order valence-corrected chi connectivity index (χ1v) is 41.3. The van der Waals surface area contributed by atoms with E-state index in [1.54, 1.807) is 6.08 Å². The zero-order chi connectivity index (χ0) is 68.1. The average Bonchev–Trinajstić information content (AvgIpc) is 0.828. The van der Waals surface area contributed by atoms with Crippen molar-refractivity contribution in [2.75, 3.05) is 13.2 Å². The van der Waals surface area contributed by atoms with Crippen LogP contribution in [0.25, 0.3) is 0 Å². The molecule has 11 heteroatoms.